The number of hydrogen-bond acceptors (Lipinski definition) is 3. The molecule has 2 atom stereocenters. The second-order valence-corrected chi connectivity index (χ2v) is 6.48. The van der Waals surface area contributed by atoms with Crippen LogP contribution in [0.25, 0.3) is 0 Å². The molecule has 0 spiro atoms. The summed E-state index contributed by atoms with van der Waals surface area (Å²) in [5, 5.41) is 3.42. The Kier molecular flexibility index (Phi) is 7.56. The van der Waals surface area contributed by atoms with E-state index in [1.807, 2.05) is 11.0 Å². The molecule has 128 valence electrons. The van der Waals surface area contributed by atoms with Crippen molar-refractivity contribution in [1.29, 1.82) is 0 Å². The predicted octanol–water partition coefficient (Wildman–Crippen LogP) is 2.48. The molecule has 1 saturated heterocycles. The van der Waals surface area contributed by atoms with Gasteiger partial charge in [-0.2, -0.15) is 0 Å². The number of benzene rings is 1. The number of piperidine rings is 1. The summed E-state index contributed by atoms with van der Waals surface area (Å²) in [6.07, 6.45) is 3.91. The SMILES string of the molecule is COCCN(CCCc1ccccc1)C(=O)[C@H]1CCN[C@@H](C)C1. The highest BCUT2D eigenvalue weighted by molar-refractivity contribution is 5.79. The molecule has 1 amide bonds. The highest BCUT2D eigenvalue weighted by Gasteiger charge is 2.28. The number of methoxy groups -OCH3 is 1. The fourth-order valence-electron chi connectivity index (χ4n) is 3.27. The molecule has 0 saturated carbocycles. The molecule has 0 bridgehead atoms. The number of rotatable bonds is 8. The van der Waals surface area contributed by atoms with Gasteiger partial charge in [-0.05, 0) is 44.7 Å². The van der Waals surface area contributed by atoms with Crippen LogP contribution in [0, 0.1) is 5.92 Å². The van der Waals surface area contributed by atoms with Crippen molar-refractivity contribution in [1.82, 2.24) is 10.2 Å². The standard InChI is InChI=1S/C19H30N2O2/c1-16-15-18(10-11-20-16)19(22)21(13-14-23-2)12-6-9-17-7-4-3-5-8-17/h3-5,7-8,16,18,20H,6,9-15H2,1-2H3/t16-,18-/m0/s1. The van der Waals surface area contributed by atoms with Gasteiger partial charge in [-0.3, -0.25) is 4.79 Å². The quantitative estimate of drug-likeness (QED) is 0.801. The lowest BCUT2D eigenvalue weighted by atomic mass is 9.92. The van der Waals surface area contributed by atoms with Gasteiger partial charge in [0.25, 0.3) is 0 Å². The minimum Gasteiger partial charge on any atom is -0.383 e. The van der Waals surface area contributed by atoms with Gasteiger partial charge in [-0.15, -0.1) is 0 Å². The van der Waals surface area contributed by atoms with Crippen LogP contribution in [0.1, 0.15) is 31.7 Å². The average molecular weight is 318 g/mol. The lowest BCUT2D eigenvalue weighted by Crippen LogP contribution is -2.45. The lowest BCUT2D eigenvalue weighted by molar-refractivity contribution is -0.137. The van der Waals surface area contributed by atoms with E-state index in [1.54, 1.807) is 7.11 Å². The summed E-state index contributed by atoms with van der Waals surface area (Å²) in [6.45, 7) is 5.23. The minimum atomic E-state index is 0.167. The number of nitrogens with zero attached hydrogens (tertiary/aromatic N) is 1. The zero-order valence-electron chi connectivity index (χ0n) is 14.5. The van der Waals surface area contributed by atoms with E-state index in [-0.39, 0.29) is 5.92 Å². The van der Waals surface area contributed by atoms with Crippen molar-refractivity contribution in [2.45, 2.75) is 38.6 Å². The summed E-state index contributed by atoms with van der Waals surface area (Å²) in [7, 11) is 1.69. The van der Waals surface area contributed by atoms with E-state index in [2.05, 4.69) is 36.5 Å². The van der Waals surface area contributed by atoms with Crippen molar-refractivity contribution < 1.29 is 9.53 Å². The lowest BCUT2D eigenvalue weighted by Gasteiger charge is -2.32. The van der Waals surface area contributed by atoms with Crippen molar-refractivity contribution in [2.75, 3.05) is 33.4 Å². The first-order valence-electron chi connectivity index (χ1n) is 8.75. The molecular formula is C19H30N2O2. The van der Waals surface area contributed by atoms with Crippen molar-refractivity contribution >= 4 is 5.91 Å². The van der Waals surface area contributed by atoms with Crippen molar-refractivity contribution in [2.24, 2.45) is 5.92 Å². The predicted molar refractivity (Wildman–Crippen MR) is 93.4 cm³/mol. The molecule has 0 radical (unpaired) electrons. The van der Waals surface area contributed by atoms with Gasteiger partial charge in [0.05, 0.1) is 6.61 Å². The Hall–Kier alpha value is -1.39. The normalized spacial score (nSPS) is 21.1. The molecule has 4 heteroatoms. The van der Waals surface area contributed by atoms with Crippen molar-refractivity contribution in [3.05, 3.63) is 35.9 Å². The zero-order chi connectivity index (χ0) is 16.5. The van der Waals surface area contributed by atoms with E-state index in [4.69, 9.17) is 4.74 Å². The highest BCUT2D eigenvalue weighted by atomic mass is 16.5. The monoisotopic (exact) mass is 318 g/mol. The Morgan fingerprint density at radius 2 is 2.09 bits per heavy atom. The number of amides is 1. The first kappa shape index (κ1) is 18.0. The van der Waals surface area contributed by atoms with Crippen LogP contribution in [-0.4, -0.2) is 50.2 Å². The molecule has 4 nitrogen and oxygen atoms in total. The third-order valence-corrected chi connectivity index (χ3v) is 4.59. The highest BCUT2D eigenvalue weighted by Crippen LogP contribution is 2.19. The Morgan fingerprint density at radius 1 is 1.30 bits per heavy atom. The third-order valence-electron chi connectivity index (χ3n) is 4.59. The Morgan fingerprint density at radius 3 is 2.78 bits per heavy atom. The van der Waals surface area contributed by atoms with Gasteiger partial charge in [-0.25, -0.2) is 0 Å². The van der Waals surface area contributed by atoms with Crippen LogP contribution in [0.5, 0.6) is 0 Å². The molecular weight excluding hydrogens is 288 g/mol. The van der Waals surface area contributed by atoms with Crippen LogP contribution in [0.2, 0.25) is 0 Å². The molecule has 0 aliphatic carbocycles. The maximum atomic E-state index is 12.8. The maximum Gasteiger partial charge on any atom is 0.225 e. The summed E-state index contributed by atoms with van der Waals surface area (Å²) in [5.41, 5.74) is 1.34. The fourth-order valence-corrected chi connectivity index (χ4v) is 3.27. The first-order chi connectivity index (χ1) is 11.2. The summed E-state index contributed by atoms with van der Waals surface area (Å²) in [4.78, 5) is 14.8. The van der Waals surface area contributed by atoms with Gasteiger partial charge >= 0.3 is 0 Å². The third kappa shape index (κ3) is 5.96. The van der Waals surface area contributed by atoms with E-state index in [0.29, 0.717) is 25.1 Å². The smallest absolute Gasteiger partial charge is 0.225 e. The molecule has 23 heavy (non-hydrogen) atoms. The average Bonchev–Trinajstić information content (AvgIpc) is 2.58. The molecule has 1 heterocycles. The van der Waals surface area contributed by atoms with Crippen molar-refractivity contribution in [3.63, 3.8) is 0 Å². The van der Waals surface area contributed by atoms with E-state index >= 15 is 0 Å². The van der Waals surface area contributed by atoms with Gasteiger partial charge in [0.15, 0.2) is 0 Å². The number of nitrogens with one attached hydrogen (secondary N) is 1. The first-order valence-corrected chi connectivity index (χ1v) is 8.75. The Labute approximate surface area is 140 Å². The molecule has 0 aromatic heterocycles. The second-order valence-electron chi connectivity index (χ2n) is 6.48. The van der Waals surface area contributed by atoms with Gasteiger partial charge in [0, 0.05) is 32.2 Å². The molecule has 1 aliphatic heterocycles. The number of carbonyl (C=O) groups excluding carboxylic acids is 1. The molecule has 2 rings (SSSR count). The van der Waals surface area contributed by atoms with Gasteiger partial charge in [0.2, 0.25) is 5.91 Å². The summed E-state index contributed by atoms with van der Waals surface area (Å²) in [5.74, 6) is 0.475. The van der Waals surface area contributed by atoms with E-state index in [1.165, 1.54) is 5.56 Å². The number of aryl methyl sites for hydroxylation is 1. The fraction of sp³-hybridized carbons (Fsp3) is 0.632. The van der Waals surface area contributed by atoms with Crippen LogP contribution in [-0.2, 0) is 16.0 Å². The summed E-state index contributed by atoms with van der Waals surface area (Å²) >= 11 is 0. The molecule has 1 aromatic rings. The molecule has 1 aromatic carbocycles. The topological polar surface area (TPSA) is 41.6 Å². The van der Waals surface area contributed by atoms with Gasteiger partial charge in [0.1, 0.15) is 0 Å². The van der Waals surface area contributed by atoms with E-state index in [0.717, 1.165) is 38.8 Å². The van der Waals surface area contributed by atoms with Crippen LogP contribution in [0.3, 0.4) is 0 Å². The molecule has 1 fully saturated rings. The largest absolute Gasteiger partial charge is 0.383 e. The van der Waals surface area contributed by atoms with Crippen molar-refractivity contribution in [3.8, 4) is 0 Å². The molecule has 1 N–H and O–H groups in total. The van der Waals surface area contributed by atoms with Crippen LogP contribution in [0.4, 0.5) is 0 Å². The van der Waals surface area contributed by atoms with E-state index < -0.39 is 0 Å². The van der Waals surface area contributed by atoms with Crippen LogP contribution >= 0.6 is 0 Å². The zero-order valence-corrected chi connectivity index (χ0v) is 14.5. The Balaban J connectivity index is 1.86. The maximum absolute atomic E-state index is 12.8. The molecule has 1 aliphatic rings. The second kappa shape index (κ2) is 9.68. The number of ether oxygens (including phenoxy) is 1. The minimum absolute atomic E-state index is 0.167. The van der Waals surface area contributed by atoms with Crippen LogP contribution < -0.4 is 5.32 Å². The number of carbonyl (C=O) groups is 1. The molecule has 0 unspecified atom stereocenters. The van der Waals surface area contributed by atoms with Crippen LogP contribution in [0.15, 0.2) is 30.3 Å². The summed E-state index contributed by atoms with van der Waals surface area (Å²) < 4.78 is 5.19. The summed E-state index contributed by atoms with van der Waals surface area (Å²) in [6, 6.07) is 10.9. The number of hydrogen-bond donors (Lipinski definition) is 1. The van der Waals surface area contributed by atoms with Gasteiger partial charge < -0.3 is 15.0 Å². The Bertz CT molecular complexity index is 464. The van der Waals surface area contributed by atoms with E-state index in [9.17, 15) is 4.79 Å². The van der Waals surface area contributed by atoms with Gasteiger partial charge in [-0.1, -0.05) is 30.3 Å².